The maximum Gasteiger partial charge on any atom is 0.266 e. The van der Waals surface area contributed by atoms with Gasteiger partial charge in [-0.25, -0.2) is 4.98 Å². The Kier molecular flexibility index (Phi) is 5.40. The summed E-state index contributed by atoms with van der Waals surface area (Å²) in [5, 5.41) is 3.20. The van der Waals surface area contributed by atoms with Crippen molar-refractivity contribution in [2.75, 3.05) is 30.4 Å². The van der Waals surface area contributed by atoms with Gasteiger partial charge in [0.05, 0.1) is 6.33 Å². The molecule has 0 aliphatic heterocycles. The van der Waals surface area contributed by atoms with Crippen molar-refractivity contribution in [2.45, 2.75) is 6.42 Å². The maximum atomic E-state index is 11.4. The third-order valence-electron chi connectivity index (χ3n) is 2.96. The number of aromatic amines is 1. The van der Waals surface area contributed by atoms with Crippen LogP contribution in [-0.4, -0.2) is 30.1 Å². The van der Waals surface area contributed by atoms with Crippen molar-refractivity contribution in [3.05, 3.63) is 50.6 Å². The number of hydrogen-bond donors (Lipinski definition) is 2. The molecule has 0 amide bonds. The Morgan fingerprint density at radius 1 is 1.35 bits per heavy atom. The Morgan fingerprint density at radius 2 is 2.10 bits per heavy atom. The van der Waals surface area contributed by atoms with E-state index in [0.717, 1.165) is 19.5 Å². The molecule has 1 aromatic heterocycles. The highest BCUT2D eigenvalue weighted by Gasteiger charge is 2.04. The fourth-order valence-electron chi connectivity index (χ4n) is 1.84. The van der Waals surface area contributed by atoms with Gasteiger partial charge >= 0.3 is 0 Å². The van der Waals surface area contributed by atoms with Crippen LogP contribution in [0.25, 0.3) is 0 Å². The van der Waals surface area contributed by atoms with Crippen molar-refractivity contribution in [3.63, 3.8) is 0 Å². The fourth-order valence-corrected chi connectivity index (χ4v) is 2.33. The molecule has 0 bridgehead atoms. The van der Waals surface area contributed by atoms with Gasteiger partial charge in [0.1, 0.15) is 9.39 Å². The van der Waals surface area contributed by atoms with Crippen LogP contribution < -0.4 is 15.8 Å². The standard InChI is InChI=1S/C14H17IN4O/c1-19(11-6-3-2-4-7-11)9-5-8-16-13-12(15)14(20)18-10-17-13/h2-4,6-7,10H,5,8-9H2,1H3,(H2,16,17,18,20). The molecule has 0 saturated carbocycles. The Balaban J connectivity index is 1.79. The van der Waals surface area contributed by atoms with Crippen LogP contribution in [0.15, 0.2) is 41.5 Å². The highest BCUT2D eigenvalue weighted by molar-refractivity contribution is 14.1. The molecule has 2 N–H and O–H groups in total. The van der Waals surface area contributed by atoms with Crippen LogP contribution in [-0.2, 0) is 0 Å². The first-order valence-electron chi connectivity index (χ1n) is 6.41. The third kappa shape index (κ3) is 3.96. The van der Waals surface area contributed by atoms with Crippen LogP contribution in [0.4, 0.5) is 11.5 Å². The van der Waals surface area contributed by atoms with Crippen molar-refractivity contribution in [3.8, 4) is 0 Å². The lowest BCUT2D eigenvalue weighted by molar-refractivity contribution is 0.813. The van der Waals surface area contributed by atoms with E-state index in [2.05, 4.69) is 39.4 Å². The Bertz CT molecular complexity index is 600. The zero-order valence-electron chi connectivity index (χ0n) is 11.3. The van der Waals surface area contributed by atoms with E-state index in [1.54, 1.807) is 0 Å². The molecule has 0 saturated heterocycles. The summed E-state index contributed by atoms with van der Waals surface area (Å²) in [6.07, 6.45) is 2.39. The number of nitrogens with one attached hydrogen (secondary N) is 2. The van der Waals surface area contributed by atoms with Gasteiger partial charge in [0.2, 0.25) is 0 Å². The SMILES string of the molecule is CN(CCCNc1nc[nH]c(=O)c1I)c1ccccc1. The van der Waals surface area contributed by atoms with E-state index in [9.17, 15) is 4.79 Å². The smallest absolute Gasteiger partial charge is 0.266 e. The van der Waals surface area contributed by atoms with Gasteiger partial charge < -0.3 is 15.2 Å². The summed E-state index contributed by atoms with van der Waals surface area (Å²) < 4.78 is 0.599. The zero-order chi connectivity index (χ0) is 14.4. The normalized spacial score (nSPS) is 10.3. The van der Waals surface area contributed by atoms with Crippen molar-refractivity contribution in [1.82, 2.24) is 9.97 Å². The van der Waals surface area contributed by atoms with Gasteiger partial charge in [-0.05, 0) is 41.1 Å². The van der Waals surface area contributed by atoms with E-state index in [4.69, 9.17) is 0 Å². The quantitative estimate of drug-likeness (QED) is 0.593. The van der Waals surface area contributed by atoms with Gasteiger partial charge in [-0.1, -0.05) is 18.2 Å². The van der Waals surface area contributed by atoms with Gasteiger partial charge in [0.15, 0.2) is 0 Å². The van der Waals surface area contributed by atoms with Gasteiger partial charge in [0, 0.05) is 25.8 Å². The second-order valence-electron chi connectivity index (χ2n) is 4.43. The second kappa shape index (κ2) is 7.28. The third-order valence-corrected chi connectivity index (χ3v) is 3.96. The molecular weight excluding hydrogens is 367 g/mol. The van der Waals surface area contributed by atoms with E-state index in [0.29, 0.717) is 9.39 Å². The number of halogens is 1. The minimum Gasteiger partial charge on any atom is -0.375 e. The predicted octanol–water partition coefficient (Wildman–Crippen LogP) is 2.31. The van der Waals surface area contributed by atoms with Crippen LogP contribution in [0, 0.1) is 3.57 Å². The van der Waals surface area contributed by atoms with Crippen LogP contribution in [0.2, 0.25) is 0 Å². The Labute approximate surface area is 131 Å². The summed E-state index contributed by atoms with van der Waals surface area (Å²) in [5.41, 5.74) is 1.10. The molecule has 6 heteroatoms. The number of aromatic nitrogens is 2. The molecule has 0 radical (unpaired) electrons. The zero-order valence-corrected chi connectivity index (χ0v) is 13.4. The number of hydrogen-bond acceptors (Lipinski definition) is 4. The number of para-hydroxylation sites is 1. The topological polar surface area (TPSA) is 61.0 Å². The Morgan fingerprint density at radius 3 is 2.85 bits per heavy atom. The monoisotopic (exact) mass is 384 g/mol. The van der Waals surface area contributed by atoms with Crippen molar-refractivity contribution in [2.24, 2.45) is 0 Å². The molecule has 2 rings (SSSR count). The van der Waals surface area contributed by atoms with Crippen LogP contribution in [0.3, 0.4) is 0 Å². The number of rotatable bonds is 6. The first-order valence-corrected chi connectivity index (χ1v) is 7.49. The molecule has 0 unspecified atom stereocenters. The number of nitrogens with zero attached hydrogens (tertiary/aromatic N) is 2. The average molecular weight is 384 g/mol. The molecule has 1 heterocycles. The van der Waals surface area contributed by atoms with Crippen LogP contribution >= 0.6 is 22.6 Å². The van der Waals surface area contributed by atoms with Crippen molar-refractivity contribution < 1.29 is 0 Å². The average Bonchev–Trinajstić information content (AvgIpc) is 2.48. The molecule has 0 atom stereocenters. The molecule has 106 valence electrons. The molecule has 5 nitrogen and oxygen atoms in total. The van der Waals surface area contributed by atoms with E-state index >= 15 is 0 Å². The minimum atomic E-state index is -0.107. The van der Waals surface area contributed by atoms with E-state index in [1.807, 2.05) is 40.8 Å². The molecular formula is C14H17IN4O. The first kappa shape index (κ1) is 14.8. The van der Waals surface area contributed by atoms with Gasteiger partial charge in [-0.3, -0.25) is 4.79 Å². The van der Waals surface area contributed by atoms with E-state index in [1.165, 1.54) is 12.0 Å². The number of anilines is 2. The van der Waals surface area contributed by atoms with Gasteiger partial charge in [-0.2, -0.15) is 0 Å². The highest BCUT2D eigenvalue weighted by atomic mass is 127. The van der Waals surface area contributed by atoms with Gasteiger partial charge in [0.25, 0.3) is 5.56 Å². The number of benzene rings is 1. The second-order valence-corrected chi connectivity index (χ2v) is 5.51. The predicted molar refractivity (Wildman–Crippen MR) is 90.4 cm³/mol. The summed E-state index contributed by atoms with van der Waals surface area (Å²) in [6.45, 7) is 1.72. The molecule has 0 fully saturated rings. The molecule has 0 spiro atoms. The maximum absolute atomic E-state index is 11.4. The largest absolute Gasteiger partial charge is 0.375 e. The molecule has 0 aliphatic carbocycles. The van der Waals surface area contributed by atoms with Crippen molar-refractivity contribution >= 4 is 34.1 Å². The van der Waals surface area contributed by atoms with Crippen LogP contribution in [0.5, 0.6) is 0 Å². The summed E-state index contributed by atoms with van der Waals surface area (Å²) in [7, 11) is 2.07. The minimum absolute atomic E-state index is 0.107. The lowest BCUT2D eigenvalue weighted by atomic mass is 10.3. The number of H-pyrrole nitrogens is 1. The van der Waals surface area contributed by atoms with E-state index < -0.39 is 0 Å². The molecule has 0 aliphatic rings. The lowest BCUT2D eigenvalue weighted by Crippen LogP contribution is -2.21. The van der Waals surface area contributed by atoms with E-state index in [-0.39, 0.29) is 5.56 Å². The Hall–Kier alpha value is -1.57. The summed E-state index contributed by atoms with van der Waals surface area (Å²) >= 11 is 2.00. The lowest BCUT2D eigenvalue weighted by Gasteiger charge is -2.19. The molecule has 1 aromatic carbocycles. The first-order chi connectivity index (χ1) is 9.68. The fraction of sp³-hybridized carbons (Fsp3) is 0.286. The summed E-state index contributed by atoms with van der Waals surface area (Å²) in [6, 6.07) is 10.3. The molecule has 2 aromatic rings. The van der Waals surface area contributed by atoms with Gasteiger partial charge in [-0.15, -0.1) is 0 Å². The molecule has 20 heavy (non-hydrogen) atoms. The summed E-state index contributed by atoms with van der Waals surface area (Å²) in [4.78, 5) is 20.3. The van der Waals surface area contributed by atoms with Crippen LogP contribution in [0.1, 0.15) is 6.42 Å². The highest BCUT2D eigenvalue weighted by Crippen LogP contribution is 2.12. The summed E-state index contributed by atoms with van der Waals surface area (Å²) in [5.74, 6) is 0.650. The van der Waals surface area contributed by atoms with Crippen molar-refractivity contribution in [1.29, 1.82) is 0 Å².